The Morgan fingerprint density at radius 1 is 1.43 bits per heavy atom. The maximum atomic E-state index is 5.64. The number of hydrogen-bond acceptors (Lipinski definition) is 3. The van der Waals surface area contributed by atoms with Crippen LogP contribution >= 0.6 is 15.9 Å². The average molecular weight is 259 g/mol. The van der Waals surface area contributed by atoms with Gasteiger partial charge in [0.1, 0.15) is 10.2 Å². The third-order valence-corrected chi connectivity index (χ3v) is 4.43. The van der Waals surface area contributed by atoms with Crippen LogP contribution in [0.5, 0.6) is 0 Å². The number of nitrogens with zero attached hydrogens (tertiary/aromatic N) is 2. The molecule has 4 heteroatoms. The number of halogens is 1. The lowest BCUT2D eigenvalue weighted by atomic mass is 9.84. The van der Waals surface area contributed by atoms with Crippen LogP contribution in [-0.4, -0.2) is 34.3 Å². The Labute approximate surface area is 92.6 Å². The molecule has 2 fully saturated rings. The topological polar surface area (TPSA) is 24.8 Å². The summed E-state index contributed by atoms with van der Waals surface area (Å²) in [7, 11) is 2.25. The van der Waals surface area contributed by atoms with Crippen LogP contribution in [0.4, 0.5) is 0 Å². The van der Waals surface area contributed by atoms with E-state index in [1.807, 2.05) is 0 Å². The monoisotopic (exact) mass is 258 g/mol. The first-order valence-electron chi connectivity index (χ1n) is 5.31. The molecule has 0 saturated carbocycles. The lowest BCUT2D eigenvalue weighted by molar-refractivity contribution is -0.0789. The summed E-state index contributed by atoms with van der Waals surface area (Å²) in [5.41, 5.74) is 0.0389. The van der Waals surface area contributed by atoms with Crippen molar-refractivity contribution in [3.8, 4) is 0 Å². The van der Waals surface area contributed by atoms with Crippen LogP contribution in [0.15, 0.2) is 5.16 Å². The van der Waals surface area contributed by atoms with Crippen molar-refractivity contribution in [2.24, 2.45) is 5.16 Å². The average Bonchev–Trinajstić information content (AvgIpc) is 2.58. The predicted octanol–water partition coefficient (Wildman–Crippen LogP) is 2.11. The Morgan fingerprint density at radius 2 is 2.07 bits per heavy atom. The van der Waals surface area contributed by atoms with Crippen molar-refractivity contribution in [3.05, 3.63) is 0 Å². The highest BCUT2D eigenvalue weighted by molar-refractivity contribution is 9.18. The van der Waals surface area contributed by atoms with Crippen LogP contribution in [0, 0.1) is 0 Å². The highest BCUT2D eigenvalue weighted by atomic mass is 79.9. The lowest BCUT2D eigenvalue weighted by Crippen LogP contribution is -2.49. The van der Waals surface area contributed by atoms with Gasteiger partial charge in [-0.25, -0.2) is 0 Å². The normalized spacial score (nSPS) is 46.9. The number of fused-ring (bicyclic) bond motifs is 2. The minimum atomic E-state index is 0.0389. The number of rotatable bonds is 0. The third kappa shape index (κ3) is 1.23. The molecule has 3 atom stereocenters. The van der Waals surface area contributed by atoms with Crippen LogP contribution in [0.2, 0.25) is 0 Å². The van der Waals surface area contributed by atoms with E-state index in [9.17, 15) is 0 Å². The van der Waals surface area contributed by atoms with Gasteiger partial charge >= 0.3 is 0 Å². The number of hydrogen-bond donors (Lipinski definition) is 0. The molecule has 14 heavy (non-hydrogen) atoms. The molecule has 3 nitrogen and oxygen atoms in total. The van der Waals surface area contributed by atoms with Crippen molar-refractivity contribution < 1.29 is 4.84 Å². The summed E-state index contributed by atoms with van der Waals surface area (Å²) in [5, 5.41) is 4.05. The summed E-state index contributed by atoms with van der Waals surface area (Å²) in [6, 6.07) is 1.45. The number of piperidine rings is 1. The van der Waals surface area contributed by atoms with Gasteiger partial charge in [0.25, 0.3) is 0 Å². The van der Waals surface area contributed by atoms with Gasteiger partial charge in [-0.05, 0) is 35.8 Å². The van der Waals surface area contributed by atoms with Crippen LogP contribution in [0.3, 0.4) is 0 Å². The summed E-state index contributed by atoms with van der Waals surface area (Å²) >= 11 is 3.44. The fraction of sp³-hybridized carbons (Fsp3) is 0.900. The molecule has 3 aliphatic rings. The first-order chi connectivity index (χ1) is 6.69. The zero-order valence-corrected chi connectivity index (χ0v) is 9.96. The van der Waals surface area contributed by atoms with E-state index in [2.05, 4.69) is 33.0 Å². The predicted molar refractivity (Wildman–Crippen MR) is 58.6 cm³/mol. The van der Waals surface area contributed by atoms with Gasteiger partial charge in [0, 0.05) is 31.3 Å². The molecule has 0 aromatic heterocycles. The van der Waals surface area contributed by atoms with Gasteiger partial charge in [-0.15, -0.1) is 0 Å². The first-order valence-corrected chi connectivity index (χ1v) is 6.10. The smallest absolute Gasteiger partial charge is 0.146 e. The van der Waals surface area contributed by atoms with E-state index in [1.165, 1.54) is 12.8 Å². The fourth-order valence-corrected chi connectivity index (χ4v) is 3.80. The van der Waals surface area contributed by atoms with Crippen LogP contribution < -0.4 is 0 Å². The highest BCUT2D eigenvalue weighted by Gasteiger charge is 2.51. The summed E-state index contributed by atoms with van der Waals surface area (Å²) in [6.45, 7) is 0. The van der Waals surface area contributed by atoms with E-state index in [1.54, 1.807) is 0 Å². The highest BCUT2D eigenvalue weighted by Crippen LogP contribution is 2.45. The second-order valence-corrected chi connectivity index (χ2v) is 5.79. The SMILES string of the molecule is CN1[C@@H]2CC[C@H]1CC1(CC(Br)=NO1)C2. The quantitative estimate of drug-likeness (QED) is 0.665. The summed E-state index contributed by atoms with van der Waals surface area (Å²) in [6.07, 6.45) is 5.96. The minimum Gasteiger partial charge on any atom is -0.388 e. The molecule has 2 bridgehead atoms. The largest absolute Gasteiger partial charge is 0.388 e. The van der Waals surface area contributed by atoms with Crippen molar-refractivity contribution in [2.75, 3.05) is 7.05 Å². The van der Waals surface area contributed by atoms with E-state index in [4.69, 9.17) is 4.84 Å². The van der Waals surface area contributed by atoms with Gasteiger partial charge in [0.2, 0.25) is 0 Å². The van der Waals surface area contributed by atoms with Gasteiger partial charge in [-0.3, -0.25) is 0 Å². The molecule has 3 aliphatic heterocycles. The molecule has 78 valence electrons. The molecule has 0 radical (unpaired) electrons. The van der Waals surface area contributed by atoms with Crippen LogP contribution in [-0.2, 0) is 4.84 Å². The van der Waals surface area contributed by atoms with Gasteiger partial charge in [-0.2, -0.15) is 0 Å². The van der Waals surface area contributed by atoms with Crippen molar-refractivity contribution in [1.82, 2.24) is 4.90 Å². The van der Waals surface area contributed by atoms with Crippen molar-refractivity contribution >= 4 is 20.6 Å². The fourth-order valence-electron chi connectivity index (χ4n) is 3.22. The van der Waals surface area contributed by atoms with E-state index in [0.717, 1.165) is 36.0 Å². The summed E-state index contributed by atoms with van der Waals surface area (Å²) < 4.78 is 0.987. The van der Waals surface area contributed by atoms with Gasteiger partial charge in [0.15, 0.2) is 0 Å². The number of oxime groups is 1. The van der Waals surface area contributed by atoms with Crippen LogP contribution in [0.1, 0.15) is 32.1 Å². The van der Waals surface area contributed by atoms with E-state index >= 15 is 0 Å². The molecule has 3 rings (SSSR count). The van der Waals surface area contributed by atoms with Gasteiger partial charge < -0.3 is 9.74 Å². The van der Waals surface area contributed by atoms with E-state index in [0.29, 0.717) is 0 Å². The Kier molecular flexibility index (Phi) is 1.93. The van der Waals surface area contributed by atoms with Crippen molar-refractivity contribution in [2.45, 2.75) is 49.8 Å². The Morgan fingerprint density at radius 3 is 2.57 bits per heavy atom. The minimum absolute atomic E-state index is 0.0389. The van der Waals surface area contributed by atoms with Crippen molar-refractivity contribution in [3.63, 3.8) is 0 Å². The lowest BCUT2D eigenvalue weighted by Gasteiger charge is -2.41. The summed E-state index contributed by atoms with van der Waals surface area (Å²) in [5.74, 6) is 0. The zero-order valence-electron chi connectivity index (χ0n) is 8.37. The molecule has 3 heterocycles. The Hall–Kier alpha value is -0.0900. The van der Waals surface area contributed by atoms with Crippen LogP contribution in [0.25, 0.3) is 0 Å². The second kappa shape index (κ2) is 2.95. The molecule has 0 aromatic rings. The Bertz CT molecular complexity index is 278. The zero-order chi connectivity index (χ0) is 9.76. The molecular weight excluding hydrogens is 244 g/mol. The molecule has 1 unspecified atom stereocenters. The van der Waals surface area contributed by atoms with Crippen molar-refractivity contribution in [1.29, 1.82) is 0 Å². The van der Waals surface area contributed by atoms with Gasteiger partial charge in [0.05, 0.1) is 0 Å². The Balaban J connectivity index is 1.80. The van der Waals surface area contributed by atoms with E-state index in [-0.39, 0.29) is 5.60 Å². The third-order valence-electron chi connectivity index (χ3n) is 4.01. The van der Waals surface area contributed by atoms with E-state index < -0.39 is 0 Å². The maximum Gasteiger partial charge on any atom is 0.146 e. The molecule has 1 spiro atoms. The first kappa shape index (κ1) is 9.16. The second-order valence-electron chi connectivity index (χ2n) is 4.88. The molecule has 2 saturated heterocycles. The molecule has 0 N–H and O–H groups in total. The molecule has 0 aliphatic carbocycles. The molecular formula is C10H15BrN2O. The van der Waals surface area contributed by atoms with Gasteiger partial charge in [-0.1, -0.05) is 5.16 Å². The maximum absolute atomic E-state index is 5.64. The molecule has 0 aromatic carbocycles. The standard InChI is InChI=1S/C10H15BrN2O/c1-13-7-2-3-8(13)5-10(4-7)6-9(11)12-14-10/h7-8H,2-6H2,1H3/t7-,8+,10?. The molecule has 0 amide bonds. The summed E-state index contributed by atoms with van der Waals surface area (Å²) in [4.78, 5) is 8.17.